The van der Waals surface area contributed by atoms with Crippen molar-refractivity contribution in [2.75, 3.05) is 7.05 Å². The Balaban J connectivity index is 2.26. The number of furan rings is 1. The molecular formula is C13H13BrClNO. The van der Waals surface area contributed by atoms with Gasteiger partial charge in [0.1, 0.15) is 11.3 Å². The molecule has 4 heteroatoms. The second-order valence-electron chi connectivity index (χ2n) is 4.51. The highest BCUT2D eigenvalue weighted by atomic mass is 79.9. The second-order valence-corrected chi connectivity index (χ2v) is 5.80. The Hall–Kier alpha value is -0.510. The van der Waals surface area contributed by atoms with Gasteiger partial charge in [-0.1, -0.05) is 11.6 Å². The van der Waals surface area contributed by atoms with Gasteiger partial charge in [-0.3, -0.25) is 0 Å². The number of fused-ring (bicyclic) bond motifs is 1. The van der Waals surface area contributed by atoms with Crippen LogP contribution < -0.4 is 5.32 Å². The van der Waals surface area contributed by atoms with Gasteiger partial charge in [0.2, 0.25) is 0 Å². The fraction of sp³-hybridized carbons (Fsp3) is 0.385. The summed E-state index contributed by atoms with van der Waals surface area (Å²) >= 11 is 9.64. The molecule has 0 atom stereocenters. The normalized spacial score (nSPS) is 15.7. The van der Waals surface area contributed by atoms with Gasteiger partial charge in [0, 0.05) is 16.0 Å². The molecule has 90 valence electrons. The van der Waals surface area contributed by atoms with Crippen molar-refractivity contribution in [1.29, 1.82) is 0 Å². The molecule has 1 aliphatic carbocycles. The van der Waals surface area contributed by atoms with Gasteiger partial charge >= 0.3 is 0 Å². The van der Waals surface area contributed by atoms with Crippen LogP contribution in [0.5, 0.6) is 0 Å². The van der Waals surface area contributed by atoms with Gasteiger partial charge in [-0.2, -0.15) is 0 Å². The molecule has 0 aliphatic heterocycles. The van der Waals surface area contributed by atoms with E-state index < -0.39 is 0 Å². The molecule has 1 heterocycles. The zero-order valence-electron chi connectivity index (χ0n) is 9.52. The maximum absolute atomic E-state index is 6.12. The second kappa shape index (κ2) is 4.30. The van der Waals surface area contributed by atoms with Crippen molar-refractivity contribution in [3.05, 3.63) is 33.0 Å². The van der Waals surface area contributed by atoms with Crippen molar-refractivity contribution < 1.29 is 4.42 Å². The first-order chi connectivity index (χ1) is 8.20. The van der Waals surface area contributed by atoms with E-state index in [0.29, 0.717) is 5.92 Å². The number of hydrogen-bond donors (Lipinski definition) is 1. The minimum absolute atomic E-state index is 0.657. The Morgan fingerprint density at radius 3 is 2.88 bits per heavy atom. The Bertz CT molecular complexity index is 574. The average Bonchev–Trinajstić information content (AvgIpc) is 3.03. The van der Waals surface area contributed by atoms with Gasteiger partial charge in [-0.15, -0.1) is 0 Å². The van der Waals surface area contributed by atoms with Crippen LogP contribution in [0.1, 0.15) is 30.1 Å². The van der Waals surface area contributed by atoms with Gasteiger partial charge < -0.3 is 9.73 Å². The minimum atomic E-state index is 0.657. The highest BCUT2D eigenvalue weighted by Gasteiger charge is 2.31. The van der Waals surface area contributed by atoms with Crippen molar-refractivity contribution in [3.8, 4) is 0 Å². The van der Waals surface area contributed by atoms with Crippen LogP contribution in [0.3, 0.4) is 0 Å². The van der Waals surface area contributed by atoms with Crippen molar-refractivity contribution in [2.24, 2.45) is 0 Å². The lowest BCUT2D eigenvalue weighted by atomic mass is 10.1. The lowest BCUT2D eigenvalue weighted by Crippen LogP contribution is -2.05. The van der Waals surface area contributed by atoms with Crippen LogP contribution in [0.25, 0.3) is 11.0 Å². The quantitative estimate of drug-likeness (QED) is 0.905. The van der Waals surface area contributed by atoms with E-state index in [1.807, 2.05) is 19.2 Å². The van der Waals surface area contributed by atoms with Gasteiger partial charge in [0.15, 0.2) is 0 Å². The number of nitrogens with one attached hydrogen (secondary N) is 1. The molecule has 3 rings (SSSR count). The smallest absolute Gasteiger partial charge is 0.148 e. The van der Waals surface area contributed by atoms with Crippen molar-refractivity contribution in [1.82, 2.24) is 5.32 Å². The van der Waals surface area contributed by atoms with Crippen LogP contribution in [-0.4, -0.2) is 7.05 Å². The summed E-state index contributed by atoms with van der Waals surface area (Å²) in [6.45, 7) is 0.768. The molecule has 17 heavy (non-hydrogen) atoms. The summed E-state index contributed by atoms with van der Waals surface area (Å²) in [6, 6.07) is 3.89. The first kappa shape index (κ1) is 11.6. The molecule has 2 nitrogen and oxygen atoms in total. The van der Waals surface area contributed by atoms with E-state index in [-0.39, 0.29) is 0 Å². The fourth-order valence-corrected chi connectivity index (χ4v) is 3.20. The Morgan fingerprint density at radius 2 is 2.24 bits per heavy atom. The number of benzene rings is 1. The van der Waals surface area contributed by atoms with Crippen LogP contribution in [-0.2, 0) is 6.54 Å². The van der Waals surface area contributed by atoms with Crippen LogP contribution in [0, 0.1) is 0 Å². The summed E-state index contributed by atoms with van der Waals surface area (Å²) in [5, 5.41) is 5.08. The van der Waals surface area contributed by atoms with Gasteiger partial charge in [-0.25, -0.2) is 0 Å². The standard InChI is InChI=1S/C13H13BrClNO/c1-16-6-11-12(7-2-3-7)9-4-8(15)5-10(14)13(9)17-11/h4-5,7,16H,2-3,6H2,1H3. The largest absolute Gasteiger partial charge is 0.458 e. The van der Waals surface area contributed by atoms with Crippen molar-refractivity contribution >= 4 is 38.5 Å². The predicted octanol–water partition coefficient (Wildman–Crippen LogP) is 4.45. The van der Waals surface area contributed by atoms with Gasteiger partial charge in [-0.05, 0) is 53.9 Å². The van der Waals surface area contributed by atoms with E-state index in [4.69, 9.17) is 16.0 Å². The third-order valence-electron chi connectivity index (χ3n) is 3.15. The molecule has 0 amide bonds. The summed E-state index contributed by atoms with van der Waals surface area (Å²) < 4.78 is 6.89. The fourth-order valence-electron chi connectivity index (χ4n) is 2.30. The molecule has 1 aliphatic rings. The first-order valence-electron chi connectivity index (χ1n) is 5.75. The molecule has 1 fully saturated rings. The lowest BCUT2D eigenvalue weighted by Gasteiger charge is -1.99. The predicted molar refractivity (Wildman–Crippen MR) is 73.7 cm³/mol. The lowest BCUT2D eigenvalue weighted by molar-refractivity contribution is 0.523. The van der Waals surface area contributed by atoms with Crippen LogP contribution in [0.2, 0.25) is 5.02 Å². The monoisotopic (exact) mass is 313 g/mol. The Labute approximate surface area is 113 Å². The molecule has 0 spiro atoms. The molecular weight excluding hydrogens is 302 g/mol. The van der Waals surface area contributed by atoms with E-state index in [2.05, 4.69) is 21.2 Å². The van der Waals surface area contributed by atoms with Crippen LogP contribution >= 0.6 is 27.5 Å². The Morgan fingerprint density at radius 1 is 1.47 bits per heavy atom. The van der Waals surface area contributed by atoms with E-state index in [9.17, 15) is 0 Å². The highest BCUT2D eigenvalue weighted by molar-refractivity contribution is 9.10. The third-order valence-corrected chi connectivity index (χ3v) is 3.95. The zero-order chi connectivity index (χ0) is 12.0. The van der Waals surface area contributed by atoms with Gasteiger partial charge in [0.25, 0.3) is 0 Å². The topological polar surface area (TPSA) is 25.2 Å². The summed E-state index contributed by atoms with van der Waals surface area (Å²) in [7, 11) is 1.94. The van der Waals surface area contributed by atoms with Gasteiger partial charge in [0.05, 0.1) is 11.0 Å². The SMILES string of the molecule is CNCc1oc2c(Br)cc(Cl)cc2c1C1CC1. The average molecular weight is 315 g/mol. The molecule has 1 aromatic carbocycles. The molecule has 1 N–H and O–H groups in total. The maximum Gasteiger partial charge on any atom is 0.148 e. The van der Waals surface area contributed by atoms with Crippen molar-refractivity contribution in [2.45, 2.75) is 25.3 Å². The Kier molecular flexibility index (Phi) is 2.93. The first-order valence-corrected chi connectivity index (χ1v) is 6.92. The van der Waals surface area contributed by atoms with E-state index in [1.54, 1.807) is 0 Å². The number of hydrogen-bond acceptors (Lipinski definition) is 2. The van der Waals surface area contributed by atoms with Crippen molar-refractivity contribution in [3.63, 3.8) is 0 Å². The summed E-state index contributed by atoms with van der Waals surface area (Å²) in [4.78, 5) is 0. The molecule has 0 saturated heterocycles. The van der Waals surface area contributed by atoms with E-state index in [0.717, 1.165) is 32.8 Å². The molecule has 0 radical (unpaired) electrons. The van der Waals surface area contributed by atoms with Crippen LogP contribution in [0.4, 0.5) is 0 Å². The summed E-state index contributed by atoms with van der Waals surface area (Å²) in [6.07, 6.45) is 2.52. The summed E-state index contributed by atoms with van der Waals surface area (Å²) in [5.74, 6) is 1.71. The molecule has 2 aromatic rings. The molecule has 1 saturated carbocycles. The van der Waals surface area contributed by atoms with E-state index in [1.165, 1.54) is 18.4 Å². The summed E-state index contributed by atoms with van der Waals surface area (Å²) in [5.41, 5.74) is 2.26. The number of rotatable bonds is 3. The zero-order valence-corrected chi connectivity index (χ0v) is 11.9. The third kappa shape index (κ3) is 2.01. The number of halogens is 2. The molecule has 0 bridgehead atoms. The molecule has 1 aromatic heterocycles. The highest BCUT2D eigenvalue weighted by Crippen LogP contribution is 2.47. The van der Waals surface area contributed by atoms with Crippen LogP contribution in [0.15, 0.2) is 21.0 Å². The maximum atomic E-state index is 6.12. The molecule has 0 unspecified atom stereocenters. The van der Waals surface area contributed by atoms with E-state index >= 15 is 0 Å². The minimum Gasteiger partial charge on any atom is -0.458 e.